The minimum absolute atomic E-state index is 0.289. The van der Waals surface area contributed by atoms with Gasteiger partial charge in [-0.3, -0.25) is 9.59 Å². The smallest absolute Gasteiger partial charge is 0.344 e. The summed E-state index contributed by atoms with van der Waals surface area (Å²) in [5.74, 6) is -0.826. The zero-order valence-corrected chi connectivity index (χ0v) is 18.5. The lowest BCUT2D eigenvalue weighted by atomic mass is 10.1. The number of aryl methyl sites for hydroxylation is 1. The Morgan fingerprint density at radius 1 is 1.19 bits per heavy atom. The van der Waals surface area contributed by atoms with Crippen LogP contribution in [0.15, 0.2) is 41.3 Å². The van der Waals surface area contributed by atoms with Crippen molar-refractivity contribution in [3.05, 3.63) is 58.0 Å². The number of thioether (sulfide) groups is 1. The third kappa shape index (κ3) is 4.59. The maximum Gasteiger partial charge on any atom is 0.344 e. The summed E-state index contributed by atoms with van der Waals surface area (Å²) in [4.78, 5) is 38.2. The summed E-state index contributed by atoms with van der Waals surface area (Å²) < 4.78 is 10.9. The fourth-order valence-electron chi connectivity index (χ4n) is 3.14. The lowest BCUT2D eigenvalue weighted by molar-refractivity contribution is -0.145. The van der Waals surface area contributed by atoms with Gasteiger partial charge in [-0.25, -0.2) is 9.69 Å². The number of ether oxygens (including phenoxy) is 2. The monoisotopic (exact) mass is 441 g/mol. The normalized spacial score (nSPS) is 16.0. The van der Waals surface area contributed by atoms with Crippen molar-refractivity contribution in [1.29, 1.82) is 0 Å². The molecule has 3 rings (SSSR count). The average Bonchev–Trinajstić information content (AvgIpc) is 3.01. The summed E-state index contributed by atoms with van der Waals surface area (Å²) in [6.07, 6.45) is 0.914. The zero-order valence-electron chi connectivity index (χ0n) is 17.7. The van der Waals surface area contributed by atoms with Gasteiger partial charge >= 0.3 is 5.97 Å². The first-order valence-corrected chi connectivity index (χ1v) is 10.5. The van der Waals surface area contributed by atoms with Crippen LogP contribution in [-0.2, 0) is 9.59 Å². The molecule has 2 aromatic rings. The number of aliphatic carboxylic acids is 1. The Bertz CT molecular complexity index is 1080. The predicted molar refractivity (Wildman–Crippen MR) is 120 cm³/mol. The van der Waals surface area contributed by atoms with Gasteiger partial charge in [-0.05, 0) is 73.0 Å². The number of benzene rings is 2. The molecule has 1 N–H and O–H groups in total. The first-order chi connectivity index (χ1) is 14.8. The fourth-order valence-corrected chi connectivity index (χ4v) is 3.97. The van der Waals surface area contributed by atoms with Gasteiger partial charge in [0.1, 0.15) is 0 Å². The van der Waals surface area contributed by atoms with Crippen LogP contribution in [-0.4, -0.2) is 35.4 Å². The van der Waals surface area contributed by atoms with E-state index < -0.39 is 12.1 Å². The van der Waals surface area contributed by atoms with Gasteiger partial charge in [0.05, 0.1) is 17.7 Å². The summed E-state index contributed by atoms with van der Waals surface area (Å²) in [5, 5.41) is 8.84. The Balaban J connectivity index is 1.90. The SMILES string of the molecule is CCC(Oc1ccc(/C=C2/SC(=O)N(c3cccc(C)c3C)C2=O)cc1OC)C(=O)O. The maximum atomic E-state index is 13.0. The highest BCUT2D eigenvalue weighted by molar-refractivity contribution is 8.19. The van der Waals surface area contributed by atoms with Crippen LogP contribution in [0.3, 0.4) is 0 Å². The fraction of sp³-hybridized carbons (Fsp3) is 0.261. The second-order valence-corrected chi connectivity index (χ2v) is 7.99. The number of methoxy groups -OCH3 is 1. The van der Waals surface area contributed by atoms with E-state index in [2.05, 4.69) is 0 Å². The summed E-state index contributed by atoms with van der Waals surface area (Å²) in [5.41, 5.74) is 3.07. The van der Waals surface area contributed by atoms with Crippen LogP contribution < -0.4 is 14.4 Å². The molecule has 8 heteroatoms. The molecule has 0 aliphatic carbocycles. The van der Waals surface area contributed by atoms with E-state index in [0.717, 1.165) is 22.9 Å². The van der Waals surface area contributed by atoms with Gasteiger partial charge in [-0.1, -0.05) is 25.1 Å². The number of carbonyl (C=O) groups excluding carboxylic acids is 2. The molecule has 0 spiro atoms. The van der Waals surface area contributed by atoms with Crippen molar-refractivity contribution >= 4 is 40.6 Å². The second kappa shape index (κ2) is 9.26. The van der Waals surface area contributed by atoms with Gasteiger partial charge in [-0.2, -0.15) is 0 Å². The van der Waals surface area contributed by atoms with E-state index in [1.807, 2.05) is 26.0 Å². The highest BCUT2D eigenvalue weighted by Crippen LogP contribution is 2.38. The van der Waals surface area contributed by atoms with Crippen molar-refractivity contribution in [2.75, 3.05) is 12.0 Å². The number of anilines is 1. The number of carbonyl (C=O) groups is 3. The molecule has 0 aromatic heterocycles. The third-order valence-corrected chi connectivity index (χ3v) is 5.88. The Hall–Kier alpha value is -3.26. The molecule has 1 aliphatic heterocycles. The molecule has 2 amide bonds. The molecule has 7 nitrogen and oxygen atoms in total. The minimum Gasteiger partial charge on any atom is -0.493 e. The van der Waals surface area contributed by atoms with Gasteiger partial charge in [0.2, 0.25) is 0 Å². The van der Waals surface area contributed by atoms with Crippen LogP contribution in [0.2, 0.25) is 0 Å². The third-order valence-electron chi connectivity index (χ3n) is 5.01. The summed E-state index contributed by atoms with van der Waals surface area (Å²) in [6, 6.07) is 10.4. The molecule has 0 bridgehead atoms. The lowest BCUT2D eigenvalue weighted by Crippen LogP contribution is -2.28. The topological polar surface area (TPSA) is 93.1 Å². The van der Waals surface area contributed by atoms with E-state index in [1.165, 1.54) is 12.0 Å². The quantitative estimate of drug-likeness (QED) is 0.617. The lowest BCUT2D eigenvalue weighted by Gasteiger charge is -2.17. The van der Waals surface area contributed by atoms with Crippen molar-refractivity contribution < 1.29 is 29.0 Å². The number of imide groups is 1. The van der Waals surface area contributed by atoms with E-state index in [0.29, 0.717) is 28.3 Å². The van der Waals surface area contributed by atoms with Gasteiger partial charge in [-0.15, -0.1) is 0 Å². The van der Waals surface area contributed by atoms with Crippen LogP contribution in [0.25, 0.3) is 6.08 Å². The number of amides is 2. The Morgan fingerprint density at radius 2 is 1.94 bits per heavy atom. The molecular weight excluding hydrogens is 418 g/mol. The van der Waals surface area contributed by atoms with Crippen molar-refractivity contribution in [3.8, 4) is 11.5 Å². The molecule has 162 valence electrons. The summed E-state index contributed by atoms with van der Waals surface area (Å²) in [7, 11) is 1.45. The van der Waals surface area contributed by atoms with E-state index in [4.69, 9.17) is 9.47 Å². The minimum atomic E-state index is -1.06. The Labute approximate surface area is 184 Å². The number of carboxylic acids is 1. The van der Waals surface area contributed by atoms with Crippen molar-refractivity contribution in [2.45, 2.75) is 33.3 Å². The molecule has 2 aromatic carbocycles. The van der Waals surface area contributed by atoms with Crippen LogP contribution in [0.5, 0.6) is 11.5 Å². The predicted octanol–water partition coefficient (Wildman–Crippen LogP) is 4.79. The zero-order chi connectivity index (χ0) is 22.7. The van der Waals surface area contributed by atoms with E-state index in [-0.39, 0.29) is 16.9 Å². The summed E-state index contributed by atoms with van der Waals surface area (Å²) >= 11 is 0.871. The first kappa shape index (κ1) is 22.4. The Kier molecular flexibility index (Phi) is 6.70. The maximum absolute atomic E-state index is 13.0. The second-order valence-electron chi connectivity index (χ2n) is 7.00. The molecule has 0 radical (unpaired) electrons. The molecule has 1 unspecified atom stereocenters. The van der Waals surface area contributed by atoms with Crippen molar-refractivity contribution in [1.82, 2.24) is 0 Å². The Morgan fingerprint density at radius 3 is 2.58 bits per heavy atom. The van der Waals surface area contributed by atoms with Gasteiger partial charge in [0.25, 0.3) is 11.1 Å². The molecule has 0 saturated carbocycles. The molecule has 1 atom stereocenters. The van der Waals surface area contributed by atoms with E-state index in [1.54, 1.807) is 37.3 Å². The highest BCUT2D eigenvalue weighted by Gasteiger charge is 2.37. The van der Waals surface area contributed by atoms with Crippen LogP contribution in [0.4, 0.5) is 10.5 Å². The first-order valence-electron chi connectivity index (χ1n) is 9.68. The number of carboxylic acid groups (broad SMARTS) is 1. The van der Waals surface area contributed by atoms with Crippen LogP contribution in [0.1, 0.15) is 30.0 Å². The number of hydrogen-bond donors (Lipinski definition) is 1. The molecule has 1 aliphatic rings. The van der Waals surface area contributed by atoms with E-state index in [9.17, 15) is 19.5 Å². The molecular formula is C23H23NO6S. The summed E-state index contributed by atoms with van der Waals surface area (Å²) in [6.45, 7) is 5.52. The van der Waals surface area contributed by atoms with Crippen molar-refractivity contribution in [3.63, 3.8) is 0 Å². The van der Waals surface area contributed by atoms with Gasteiger partial charge in [0.15, 0.2) is 17.6 Å². The number of rotatable bonds is 7. The molecule has 1 saturated heterocycles. The van der Waals surface area contributed by atoms with Crippen molar-refractivity contribution in [2.24, 2.45) is 0 Å². The highest BCUT2D eigenvalue weighted by atomic mass is 32.2. The van der Waals surface area contributed by atoms with E-state index >= 15 is 0 Å². The van der Waals surface area contributed by atoms with Crippen LogP contribution in [0, 0.1) is 13.8 Å². The largest absolute Gasteiger partial charge is 0.493 e. The standard InChI is InChI=1S/C23H23NO6S/c1-5-17(22(26)27)30-18-10-9-15(11-19(18)29-4)12-20-21(25)24(23(28)31-20)16-8-6-7-13(2)14(16)3/h6-12,17H,5H2,1-4H3,(H,26,27)/b20-12+. The number of hydrogen-bond acceptors (Lipinski definition) is 6. The van der Waals surface area contributed by atoms with Gasteiger partial charge < -0.3 is 14.6 Å². The molecule has 1 fully saturated rings. The average molecular weight is 442 g/mol. The molecule has 31 heavy (non-hydrogen) atoms. The van der Waals surface area contributed by atoms with Crippen LogP contribution >= 0.6 is 11.8 Å². The molecule has 1 heterocycles. The van der Waals surface area contributed by atoms with Gasteiger partial charge in [0, 0.05) is 0 Å². The number of nitrogens with zero attached hydrogens (tertiary/aromatic N) is 1.